The summed E-state index contributed by atoms with van der Waals surface area (Å²) in [6, 6.07) is 0. The molecular formula is C11H23N3O2. The van der Waals surface area contributed by atoms with Crippen molar-refractivity contribution in [2.45, 2.75) is 45.3 Å². The first-order chi connectivity index (χ1) is 7.65. The normalized spacial score (nSPS) is 26.6. The Balaban J connectivity index is 2.26. The number of amidine groups is 1. The van der Waals surface area contributed by atoms with E-state index >= 15 is 0 Å². The molecule has 5 nitrogen and oxygen atoms in total. The molecule has 1 heterocycles. The van der Waals surface area contributed by atoms with Gasteiger partial charge in [0, 0.05) is 19.5 Å². The van der Waals surface area contributed by atoms with E-state index in [1.165, 1.54) is 0 Å². The fraction of sp³-hybridized carbons (Fsp3) is 0.909. The maximum Gasteiger partial charge on any atom is 0.140 e. The second-order valence-electron chi connectivity index (χ2n) is 4.38. The van der Waals surface area contributed by atoms with E-state index in [2.05, 4.69) is 23.9 Å². The van der Waals surface area contributed by atoms with Crippen molar-refractivity contribution in [3.63, 3.8) is 0 Å². The number of hydrogen-bond donors (Lipinski definition) is 2. The van der Waals surface area contributed by atoms with E-state index in [1.54, 1.807) is 0 Å². The fourth-order valence-electron chi connectivity index (χ4n) is 2.01. The molecule has 3 N–H and O–H groups in total. The maximum atomic E-state index is 8.46. The molecule has 0 aromatic carbocycles. The Morgan fingerprint density at radius 1 is 1.56 bits per heavy atom. The van der Waals surface area contributed by atoms with Crippen molar-refractivity contribution in [1.29, 1.82) is 0 Å². The van der Waals surface area contributed by atoms with Crippen LogP contribution in [-0.4, -0.2) is 47.8 Å². The van der Waals surface area contributed by atoms with Crippen LogP contribution < -0.4 is 5.73 Å². The lowest BCUT2D eigenvalue weighted by Crippen LogP contribution is -2.34. The van der Waals surface area contributed by atoms with Crippen molar-refractivity contribution in [1.82, 2.24) is 4.90 Å². The monoisotopic (exact) mass is 229 g/mol. The minimum absolute atomic E-state index is 0.291. The van der Waals surface area contributed by atoms with Gasteiger partial charge in [0.1, 0.15) is 5.84 Å². The Kier molecular flexibility index (Phi) is 5.55. The van der Waals surface area contributed by atoms with Crippen LogP contribution in [0.3, 0.4) is 0 Å². The number of rotatable bonds is 6. The molecule has 94 valence electrons. The highest BCUT2D eigenvalue weighted by Gasteiger charge is 2.23. The third-order valence-electron chi connectivity index (χ3n) is 3.04. The number of nitrogens with two attached hydrogens (primary N) is 1. The summed E-state index contributed by atoms with van der Waals surface area (Å²) < 4.78 is 5.77. The Bertz CT molecular complexity index is 233. The summed E-state index contributed by atoms with van der Waals surface area (Å²) in [5.74, 6) is 0.291. The van der Waals surface area contributed by atoms with Crippen LogP contribution in [0.5, 0.6) is 0 Å². The third-order valence-corrected chi connectivity index (χ3v) is 3.04. The highest BCUT2D eigenvalue weighted by molar-refractivity contribution is 5.79. The van der Waals surface area contributed by atoms with Crippen LogP contribution in [0, 0.1) is 0 Å². The number of ether oxygens (including phenoxy) is 1. The van der Waals surface area contributed by atoms with E-state index < -0.39 is 0 Å². The van der Waals surface area contributed by atoms with Crippen molar-refractivity contribution < 1.29 is 9.94 Å². The van der Waals surface area contributed by atoms with Gasteiger partial charge in [-0.3, -0.25) is 0 Å². The van der Waals surface area contributed by atoms with Crippen molar-refractivity contribution in [2.75, 3.05) is 19.6 Å². The van der Waals surface area contributed by atoms with Crippen LogP contribution >= 0.6 is 0 Å². The third kappa shape index (κ3) is 4.37. The van der Waals surface area contributed by atoms with E-state index in [1.807, 2.05) is 0 Å². The van der Waals surface area contributed by atoms with Crippen LogP contribution in [0.15, 0.2) is 5.16 Å². The summed E-state index contributed by atoms with van der Waals surface area (Å²) in [4.78, 5) is 2.28. The van der Waals surface area contributed by atoms with Gasteiger partial charge in [-0.15, -0.1) is 0 Å². The zero-order chi connectivity index (χ0) is 12.0. The lowest BCUT2D eigenvalue weighted by molar-refractivity contribution is 0.0329. The Hall–Kier alpha value is -0.810. The highest BCUT2D eigenvalue weighted by Crippen LogP contribution is 2.19. The van der Waals surface area contributed by atoms with Gasteiger partial charge >= 0.3 is 0 Å². The Labute approximate surface area is 97.2 Å². The van der Waals surface area contributed by atoms with Crippen molar-refractivity contribution in [3.05, 3.63) is 0 Å². The predicted molar refractivity (Wildman–Crippen MR) is 63.7 cm³/mol. The quantitative estimate of drug-likeness (QED) is 0.309. The Morgan fingerprint density at radius 2 is 2.31 bits per heavy atom. The van der Waals surface area contributed by atoms with Gasteiger partial charge in [-0.05, 0) is 26.3 Å². The summed E-state index contributed by atoms with van der Waals surface area (Å²) in [6.45, 7) is 6.96. The zero-order valence-electron chi connectivity index (χ0n) is 10.2. The molecule has 0 aromatic rings. The molecule has 0 radical (unpaired) electrons. The molecule has 2 atom stereocenters. The molecule has 1 aliphatic rings. The second-order valence-corrected chi connectivity index (χ2v) is 4.38. The molecule has 16 heavy (non-hydrogen) atoms. The first kappa shape index (κ1) is 13.3. The van der Waals surface area contributed by atoms with Gasteiger partial charge in [-0.1, -0.05) is 12.1 Å². The average Bonchev–Trinajstić information content (AvgIpc) is 2.69. The van der Waals surface area contributed by atoms with Crippen molar-refractivity contribution >= 4 is 5.84 Å². The minimum Gasteiger partial charge on any atom is -0.409 e. The Morgan fingerprint density at radius 3 is 2.81 bits per heavy atom. The molecule has 1 aliphatic heterocycles. The lowest BCUT2D eigenvalue weighted by atomic mass is 10.2. The standard InChI is InChI=1S/C11H23N3O2/c1-3-14(7-6-11(12)13-15)8-10-5-4-9(2)16-10/h9-10,15H,3-8H2,1-2H3,(H2,12,13). The molecule has 0 saturated carbocycles. The molecule has 0 amide bonds. The fourth-order valence-corrected chi connectivity index (χ4v) is 2.01. The molecule has 0 aromatic heterocycles. The predicted octanol–water partition coefficient (Wildman–Crippen LogP) is 1.01. The van der Waals surface area contributed by atoms with E-state index in [0.717, 1.165) is 32.5 Å². The van der Waals surface area contributed by atoms with Crippen LogP contribution in [0.25, 0.3) is 0 Å². The maximum absolute atomic E-state index is 8.46. The summed E-state index contributed by atoms with van der Waals surface area (Å²) >= 11 is 0. The van der Waals surface area contributed by atoms with E-state index in [4.69, 9.17) is 15.7 Å². The van der Waals surface area contributed by atoms with Gasteiger partial charge in [-0.25, -0.2) is 0 Å². The highest BCUT2D eigenvalue weighted by atomic mass is 16.5. The summed E-state index contributed by atoms with van der Waals surface area (Å²) in [5.41, 5.74) is 5.45. The number of oxime groups is 1. The molecular weight excluding hydrogens is 206 g/mol. The van der Waals surface area contributed by atoms with E-state index in [9.17, 15) is 0 Å². The SMILES string of the molecule is CCN(CCC(N)=NO)CC1CCC(C)O1. The van der Waals surface area contributed by atoms with Crippen LogP contribution in [0.2, 0.25) is 0 Å². The first-order valence-corrected chi connectivity index (χ1v) is 6.00. The number of hydrogen-bond acceptors (Lipinski definition) is 4. The first-order valence-electron chi connectivity index (χ1n) is 6.00. The van der Waals surface area contributed by atoms with Crippen LogP contribution in [0.1, 0.15) is 33.1 Å². The molecule has 0 aliphatic carbocycles. The topological polar surface area (TPSA) is 71.1 Å². The largest absolute Gasteiger partial charge is 0.409 e. The molecule has 0 bridgehead atoms. The van der Waals surface area contributed by atoms with E-state index in [0.29, 0.717) is 24.5 Å². The minimum atomic E-state index is 0.291. The molecule has 1 rings (SSSR count). The molecule has 2 unspecified atom stereocenters. The van der Waals surface area contributed by atoms with Crippen LogP contribution in [-0.2, 0) is 4.74 Å². The summed E-state index contributed by atoms with van der Waals surface area (Å²) in [6.07, 6.45) is 3.64. The molecule has 5 heteroatoms. The molecule has 1 saturated heterocycles. The van der Waals surface area contributed by atoms with Gasteiger partial charge in [-0.2, -0.15) is 0 Å². The zero-order valence-corrected chi connectivity index (χ0v) is 10.2. The van der Waals surface area contributed by atoms with Gasteiger partial charge in [0.2, 0.25) is 0 Å². The average molecular weight is 229 g/mol. The molecule has 0 spiro atoms. The lowest BCUT2D eigenvalue weighted by Gasteiger charge is -2.23. The second kappa shape index (κ2) is 6.70. The smallest absolute Gasteiger partial charge is 0.140 e. The van der Waals surface area contributed by atoms with E-state index in [-0.39, 0.29) is 0 Å². The summed E-state index contributed by atoms with van der Waals surface area (Å²) in [7, 11) is 0. The number of nitrogens with zero attached hydrogens (tertiary/aromatic N) is 2. The van der Waals surface area contributed by atoms with Gasteiger partial charge in [0.05, 0.1) is 12.2 Å². The van der Waals surface area contributed by atoms with Crippen LogP contribution in [0.4, 0.5) is 0 Å². The summed E-state index contributed by atoms with van der Waals surface area (Å²) in [5, 5.41) is 11.4. The van der Waals surface area contributed by atoms with Gasteiger partial charge in [0.15, 0.2) is 0 Å². The molecule has 1 fully saturated rings. The van der Waals surface area contributed by atoms with Crippen molar-refractivity contribution in [3.8, 4) is 0 Å². The van der Waals surface area contributed by atoms with Gasteiger partial charge in [0.25, 0.3) is 0 Å². The number of likely N-dealkylation sites (N-methyl/N-ethyl adjacent to an activating group) is 1. The van der Waals surface area contributed by atoms with Gasteiger partial charge < -0.3 is 20.6 Å². The van der Waals surface area contributed by atoms with Crippen molar-refractivity contribution in [2.24, 2.45) is 10.9 Å².